The summed E-state index contributed by atoms with van der Waals surface area (Å²) in [6.45, 7) is 3.06. The Balaban J connectivity index is 2.21. The van der Waals surface area contributed by atoms with Crippen LogP contribution in [0.1, 0.15) is 34.5 Å². The van der Waals surface area contributed by atoms with Crippen molar-refractivity contribution in [2.24, 2.45) is 0 Å². The first-order valence-electron chi connectivity index (χ1n) is 8.98. The van der Waals surface area contributed by atoms with E-state index < -0.39 is 29.2 Å². The number of benzene rings is 2. The molecular formula is C21H20F2N2O4. The maximum Gasteiger partial charge on any atom is 0.262 e. The topological polar surface area (TPSA) is 91.6 Å². The number of hydrogen-bond acceptors (Lipinski definition) is 4. The van der Waals surface area contributed by atoms with Crippen LogP contribution in [-0.4, -0.2) is 39.7 Å². The van der Waals surface area contributed by atoms with Crippen molar-refractivity contribution in [3.63, 3.8) is 0 Å². The molecule has 152 valence electrons. The average molecular weight is 402 g/mol. The summed E-state index contributed by atoms with van der Waals surface area (Å²) in [5.41, 5.74) is 1.21. The van der Waals surface area contributed by atoms with Crippen molar-refractivity contribution in [2.75, 3.05) is 13.2 Å². The fourth-order valence-electron chi connectivity index (χ4n) is 3.44. The average Bonchev–Trinajstić information content (AvgIpc) is 2.96. The molecule has 0 spiro atoms. The Bertz CT molecular complexity index is 1090. The molecule has 1 aromatic heterocycles. The number of hydrogen-bond donors (Lipinski definition) is 3. The lowest BCUT2D eigenvalue weighted by molar-refractivity contribution is -0.122. The Labute approximate surface area is 165 Å². The van der Waals surface area contributed by atoms with Gasteiger partial charge in [-0.05, 0) is 49.7 Å². The van der Waals surface area contributed by atoms with E-state index in [1.54, 1.807) is 13.8 Å². The van der Waals surface area contributed by atoms with Crippen LogP contribution in [0, 0.1) is 18.6 Å². The van der Waals surface area contributed by atoms with E-state index in [-0.39, 0.29) is 30.1 Å². The number of phenolic OH excluding ortho intramolecular Hbond substituents is 1. The van der Waals surface area contributed by atoms with Gasteiger partial charge < -0.3 is 15.5 Å². The number of halogens is 2. The summed E-state index contributed by atoms with van der Waals surface area (Å²) in [4.78, 5) is 25.5. The van der Waals surface area contributed by atoms with Gasteiger partial charge in [0.25, 0.3) is 5.91 Å². The highest BCUT2D eigenvalue weighted by Gasteiger charge is 2.27. The summed E-state index contributed by atoms with van der Waals surface area (Å²) in [6.07, 6.45) is 0. The van der Waals surface area contributed by atoms with Crippen molar-refractivity contribution in [1.29, 1.82) is 0 Å². The fourth-order valence-corrected chi connectivity index (χ4v) is 3.44. The largest absolute Gasteiger partial charge is 0.505 e. The monoisotopic (exact) mass is 402 g/mol. The minimum atomic E-state index is -0.910. The zero-order chi connectivity index (χ0) is 21.3. The van der Waals surface area contributed by atoms with E-state index in [4.69, 9.17) is 5.11 Å². The van der Waals surface area contributed by atoms with E-state index >= 15 is 0 Å². The Morgan fingerprint density at radius 2 is 1.83 bits per heavy atom. The highest BCUT2D eigenvalue weighted by Crippen LogP contribution is 2.35. The van der Waals surface area contributed by atoms with Gasteiger partial charge in [-0.25, -0.2) is 8.78 Å². The number of aromatic hydroxyl groups is 1. The number of nitrogens with zero attached hydrogens (tertiary/aromatic N) is 1. The van der Waals surface area contributed by atoms with Gasteiger partial charge in [0.15, 0.2) is 11.6 Å². The second-order valence-corrected chi connectivity index (χ2v) is 6.70. The third-order valence-corrected chi connectivity index (χ3v) is 4.85. The lowest BCUT2D eigenvalue weighted by Gasteiger charge is -2.13. The molecule has 29 heavy (non-hydrogen) atoms. The van der Waals surface area contributed by atoms with Crippen molar-refractivity contribution in [3.8, 4) is 5.75 Å². The third kappa shape index (κ3) is 3.71. The van der Waals surface area contributed by atoms with Gasteiger partial charge in [0, 0.05) is 29.3 Å². The zero-order valence-corrected chi connectivity index (χ0v) is 15.9. The second-order valence-electron chi connectivity index (χ2n) is 6.70. The van der Waals surface area contributed by atoms with E-state index in [1.165, 1.54) is 22.8 Å². The first-order valence-corrected chi connectivity index (χ1v) is 8.98. The molecule has 1 amide bonds. The van der Waals surface area contributed by atoms with Gasteiger partial charge in [-0.2, -0.15) is 0 Å². The van der Waals surface area contributed by atoms with Gasteiger partial charge in [0.1, 0.15) is 5.82 Å². The molecule has 0 saturated carbocycles. The summed E-state index contributed by atoms with van der Waals surface area (Å²) >= 11 is 0. The molecule has 3 aromatic rings. The van der Waals surface area contributed by atoms with Crippen LogP contribution in [0.15, 0.2) is 36.4 Å². The fraction of sp³-hybridized carbons (Fsp3) is 0.238. The van der Waals surface area contributed by atoms with E-state index in [0.29, 0.717) is 16.6 Å². The van der Waals surface area contributed by atoms with Crippen molar-refractivity contribution in [2.45, 2.75) is 19.8 Å². The predicted octanol–water partition coefficient (Wildman–Crippen LogP) is 2.83. The minimum absolute atomic E-state index is 0.0647. The van der Waals surface area contributed by atoms with Gasteiger partial charge in [0.05, 0.1) is 18.0 Å². The number of amides is 1. The minimum Gasteiger partial charge on any atom is -0.505 e. The maximum atomic E-state index is 14.1. The molecule has 3 rings (SSSR count). The predicted molar refractivity (Wildman–Crippen MR) is 103 cm³/mol. The van der Waals surface area contributed by atoms with Gasteiger partial charge in [-0.3, -0.25) is 14.2 Å². The maximum absolute atomic E-state index is 14.1. The van der Waals surface area contributed by atoms with Crippen molar-refractivity contribution in [3.05, 3.63) is 64.9 Å². The lowest BCUT2D eigenvalue weighted by Crippen LogP contribution is -2.30. The zero-order valence-electron chi connectivity index (χ0n) is 15.9. The number of carbonyl (C=O) groups is 2. The van der Waals surface area contributed by atoms with E-state index in [0.717, 1.165) is 18.2 Å². The van der Waals surface area contributed by atoms with Gasteiger partial charge >= 0.3 is 0 Å². The molecule has 2 aromatic carbocycles. The number of rotatable bonds is 5. The number of aromatic nitrogens is 1. The molecule has 1 unspecified atom stereocenters. The van der Waals surface area contributed by atoms with Gasteiger partial charge in [0.2, 0.25) is 5.91 Å². The number of nitrogens with one attached hydrogen (secondary N) is 1. The van der Waals surface area contributed by atoms with Crippen molar-refractivity contribution in [1.82, 2.24) is 9.88 Å². The molecule has 6 nitrogen and oxygen atoms in total. The molecule has 0 aliphatic rings. The van der Waals surface area contributed by atoms with Gasteiger partial charge in [-0.1, -0.05) is 0 Å². The second kappa shape index (κ2) is 8.00. The summed E-state index contributed by atoms with van der Waals surface area (Å²) in [5, 5.41) is 21.7. The Morgan fingerprint density at radius 1 is 1.17 bits per heavy atom. The Hall–Kier alpha value is -3.26. The summed E-state index contributed by atoms with van der Waals surface area (Å²) < 4.78 is 28.6. The lowest BCUT2D eigenvalue weighted by atomic mass is 9.97. The molecule has 0 aliphatic heterocycles. The van der Waals surface area contributed by atoms with Crippen LogP contribution in [0.25, 0.3) is 10.9 Å². The number of aliphatic hydroxyl groups is 1. The molecule has 3 N–H and O–H groups in total. The molecule has 1 atom stereocenters. The molecule has 0 aliphatic carbocycles. The first kappa shape index (κ1) is 20.5. The van der Waals surface area contributed by atoms with Crippen molar-refractivity contribution >= 4 is 22.7 Å². The van der Waals surface area contributed by atoms with Crippen LogP contribution in [0.4, 0.5) is 8.78 Å². The van der Waals surface area contributed by atoms with Crippen LogP contribution in [0.5, 0.6) is 5.75 Å². The number of phenols is 1. The van der Waals surface area contributed by atoms with Gasteiger partial charge in [-0.15, -0.1) is 0 Å². The first-order chi connectivity index (χ1) is 13.8. The quantitative estimate of drug-likeness (QED) is 0.612. The number of aliphatic hydroxyl groups excluding tert-OH is 1. The van der Waals surface area contributed by atoms with E-state index in [9.17, 15) is 23.5 Å². The van der Waals surface area contributed by atoms with E-state index in [1.807, 2.05) is 0 Å². The molecule has 0 bridgehead atoms. The molecule has 0 saturated heterocycles. The van der Waals surface area contributed by atoms with Crippen molar-refractivity contribution < 1.29 is 28.6 Å². The Kier molecular flexibility index (Phi) is 5.65. The highest BCUT2D eigenvalue weighted by atomic mass is 19.1. The molecule has 0 fully saturated rings. The normalized spacial score (nSPS) is 12.2. The number of carbonyl (C=O) groups excluding carboxylic acids is 2. The van der Waals surface area contributed by atoms with Crippen LogP contribution < -0.4 is 5.32 Å². The van der Waals surface area contributed by atoms with E-state index in [2.05, 4.69) is 5.32 Å². The Morgan fingerprint density at radius 3 is 2.45 bits per heavy atom. The third-order valence-electron chi connectivity index (χ3n) is 4.85. The molecule has 0 radical (unpaired) electrons. The smallest absolute Gasteiger partial charge is 0.262 e. The molecular weight excluding hydrogens is 382 g/mol. The van der Waals surface area contributed by atoms with Crippen LogP contribution >= 0.6 is 0 Å². The molecule has 1 heterocycles. The SMILES string of the molecule is Cc1c(C(C)C(=O)NCCO)c2cc(O)c(F)cc2n1C(=O)c1ccc(F)cc1. The summed E-state index contributed by atoms with van der Waals surface area (Å²) in [6, 6.07) is 7.13. The van der Waals surface area contributed by atoms with Crippen LogP contribution in [-0.2, 0) is 4.79 Å². The standard InChI is InChI=1S/C21H20F2N2O4/c1-11(20(28)24-7-8-26)19-12(2)25(17-10-16(23)18(27)9-15(17)19)21(29)13-3-5-14(22)6-4-13/h3-6,9-11,26-27H,7-8H2,1-2H3,(H,24,28). The molecule has 8 heteroatoms. The number of fused-ring (bicyclic) bond motifs is 1. The summed E-state index contributed by atoms with van der Waals surface area (Å²) in [5.74, 6) is -3.66. The summed E-state index contributed by atoms with van der Waals surface area (Å²) in [7, 11) is 0. The van der Waals surface area contributed by atoms with Crippen LogP contribution in [0.2, 0.25) is 0 Å². The van der Waals surface area contributed by atoms with Crippen LogP contribution in [0.3, 0.4) is 0 Å². The highest BCUT2D eigenvalue weighted by molar-refractivity contribution is 6.05.